The summed E-state index contributed by atoms with van der Waals surface area (Å²) in [5.74, 6) is 1.85. The van der Waals surface area contributed by atoms with Crippen molar-refractivity contribution in [1.29, 1.82) is 0 Å². The first-order valence-electron chi connectivity index (χ1n) is 8.32. The van der Waals surface area contributed by atoms with E-state index < -0.39 is 0 Å². The van der Waals surface area contributed by atoms with Crippen LogP contribution in [-0.4, -0.2) is 48.6 Å². The molecule has 2 aliphatic heterocycles. The summed E-state index contributed by atoms with van der Waals surface area (Å²) in [7, 11) is 0. The molecule has 0 saturated carbocycles. The van der Waals surface area contributed by atoms with Crippen molar-refractivity contribution >= 4 is 0 Å². The number of hydrogen-bond acceptors (Lipinski definition) is 2. The van der Waals surface area contributed by atoms with Crippen LogP contribution in [0, 0.1) is 17.3 Å². The van der Waals surface area contributed by atoms with Crippen LogP contribution in [0.3, 0.4) is 0 Å². The summed E-state index contributed by atoms with van der Waals surface area (Å²) in [4.78, 5) is 5.38. The van der Waals surface area contributed by atoms with Crippen molar-refractivity contribution in [3.63, 3.8) is 0 Å². The van der Waals surface area contributed by atoms with Crippen LogP contribution >= 0.6 is 0 Å². The van der Waals surface area contributed by atoms with Crippen LogP contribution < -0.4 is 0 Å². The minimum Gasteiger partial charge on any atom is -0.303 e. The summed E-state index contributed by atoms with van der Waals surface area (Å²) in [5, 5.41) is 0. The Kier molecular flexibility index (Phi) is 4.94. The van der Waals surface area contributed by atoms with Gasteiger partial charge >= 0.3 is 0 Å². The molecule has 0 spiro atoms. The number of hydrogen-bond donors (Lipinski definition) is 0. The number of piperidine rings is 1. The molecule has 0 amide bonds. The molecule has 2 rings (SSSR count). The molecule has 0 bridgehead atoms. The summed E-state index contributed by atoms with van der Waals surface area (Å²) < 4.78 is 0. The van der Waals surface area contributed by atoms with Gasteiger partial charge in [-0.2, -0.15) is 0 Å². The van der Waals surface area contributed by atoms with Crippen molar-refractivity contribution in [3.05, 3.63) is 0 Å². The Balaban J connectivity index is 1.72. The van der Waals surface area contributed by atoms with E-state index in [1.165, 1.54) is 52.0 Å². The molecule has 0 aromatic heterocycles. The summed E-state index contributed by atoms with van der Waals surface area (Å²) in [6, 6.07) is 0.733. The average molecular weight is 266 g/mol. The highest BCUT2D eigenvalue weighted by Gasteiger charge is 2.31. The van der Waals surface area contributed by atoms with Gasteiger partial charge < -0.3 is 9.80 Å². The second-order valence-corrected chi connectivity index (χ2v) is 8.18. The normalized spacial score (nSPS) is 28.4. The maximum absolute atomic E-state index is 2.73. The van der Waals surface area contributed by atoms with Crippen LogP contribution in [0.25, 0.3) is 0 Å². The van der Waals surface area contributed by atoms with Crippen LogP contribution in [0.2, 0.25) is 0 Å². The Morgan fingerprint density at radius 1 is 1.00 bits per heavy atom. The highest BCUT2D eigenvalue weighted by atomic mass is 15.2. The van der Waals surface area contributed by atoms with Gasteiger partial charge in [0.25, 0.3) is 0 Å². The summed E-state index contributed by atoms with van der Waals surface area (Å²) in [5.41, 5.74) is 0.508. The Morgan fingerprint density at radius 2 is 1.63 bits per heavy atom. The van der Waals surface area contributed by atoms with E-state index in [0.717, 1.165) is 17.9 Å². The lowest BCUT2D eigenvalue weighted by Crippen LogP contribution is -2.41. The molecule has 2 nitrogen and oxygen atoms in total. The molecule has 19 heavy (non-hydrogen) atoms. The van der Waals surface area contributed by atoms with Crippen molar-refractivity contribution in [1.82, 2.24) is 9.80 Å². The lowest BCUT2D eigenvalue weighted by atomic mass is 9.75. The van der Waals surface area contributed by atoms with Gasteiger partial charge in [-0.1, -0.05) is 20.8 Å². The Bertz CT molecular complexity index is 271. The highest BCUT2D eigenvalue weighted by molar-refractivity contribution is 4.84. The molecule has 2 heterocycles. The van der Waals surface area contributed by atoms with Crippen molar-refractivity contribution in [2.75, 3.05) is 32.7 Å². The van der Waals surface area contributed by atoms with Crippen LogP contribution in [0.4, 0.5) is 0 Å². The number of likely N-dealkylation sites (tertiary alicyclic amines) is 2. The highest BCUT2D eigenvalue weighted by Crippen LogP contribution is 2.34. The van der Waals surface area contributed by atoms with E-state index in [4.69, 9.17) is 0 Å². The first kappa shape index (κ1) is 15.3. The fourth-order valence-corrected chi connectivity index (χ4v) is 3.83. The molecule has 112 valence electrons. The quantitative estimate of drug-likeness (QED) is 0.772. The molecule has 1 unspecified atom stereocenters. The van der Waals surface area contributed by atoms with Gasteiger partial charge in [-0.05, 0) is 70.0 Å². The molecule has 2 aliphatic rings. The van der Waals surface area contributed by atoms with Gasteiger partial charge in [0.1, 0.15) is 0 Å². The molecule has 0 N–H and O–H groups in total. The minimum atomic E-state index is 0.508. The maximum Gasteiger partial charge on any atom is 0.00387 e. The van der Waals surface area contributed by atoms with Crippen molar-refractivity contribution in [2.45, 2.75) is 59.9 Å². The van der Waals surface area contributed by atoms with Gasteiger partial charge in [-0.25, -0.2) is 0 Å². The maximum atomic E-state index is 2.73. The standard InChI is InChI=1S/C17H34N2/c1-14(2)19-11-6-15(13-19)12-18-9-7-16(8-10-18)17(3,4)5/h14-16H,6-13H2,1-5H3. The molecular formula is C17H34N2. The van der Waals surface area contributed by atoms with Crippen molar-refractivity contribution in [2.24, 2.45) is 17.3 Å². The Hall–Kier alpha value is -0.0800. The third-order valence-corrected chi connectivity index (χ3v) is 5.38. The lowest BCUT2D eigenvalue weighted by Gasteiger charge is -2.39. The van der Waals surface area contributed by atoms with Crippen LogP contribution in [0.1, 0.15) is 53.9 Å². The monoisotopic (exact) mass is 266 g/mol. The fourth-order valence-electron chi connectivity index (χ4n) is 3.83. The Labute approximate surface area is 120 Å². The zero-order valence-electron chi connectivity index (χ0n) is 13.8. The molecule has 0 aromatic rings. The fraction of sp³-hybridized carbons (Fsp3) is 1.00. The van der Waals surface area contributed by atoms with Crippen LogP contribution in [0.15, 0.2) is 0 Å². The summed E-state index contributed by atoms with van der Waals surface area (Å²) in [6.45, 7) is 18.5. The lowest BCUT2D eigenvalue weighted by molar-refractivity contribution is 0.101. The predicted molar refractivity (Wildman–Crippen MR) is 83.4 cm³/mol. The van der Waals surface area contributed by atoms with Gasteiger partial charge in [0.2, 0.25) is 0 Å². The van der Waals surface area contributed by atoms with Gasteiger partial charge in [0.05, 0.1) is 0 Å². The molecular weight excluding hydrogens is 232 g/mol. The largest absolute Gasteiger partial charge is 0.303 e. The zero-order chi connectivity index (χ0) is 14.0. The molecule has 2 heteroatoms. The molecule has 0 aromatic carbocycles. The molecule has 0 radical (unpaired) electrons. The van der Waals surface area contributed by atoms with E-state index in [-0.39, 0.29) is 0 Å². The van der Waals surface area contributed by atoms with Gasteiger partial charge in [0.15, 0.2) is 0 Å². The van der Waals surface area contributed by atoms with Gasteiger partial charge in [0, 0.05) is 19.1 Å². The van der Waals surface area contributed by atoms with Crippen LogP contribution in [-0.2, 0) is 0 Å². The van der Waals surface area contributed by atoms with E-state index in [1.54, 1.807) is 0 Å². The zero-order valence-corrected chi connectivity index (χ0v) is 13.8. The van der Waals surface area contributed by atoms with Gasteiger partial charge in [-0.3, -0.25) is 0 Å². The average Bonchev–Trinajstić information content (AvgIpc) is 2.77. The molecule has 0 aliphatic carbocycles. The van der Waals surface area contributed by atoms with E-state index in [9.17, 15) is 0 Å². The molecule has 2 fully saturated rings. The molecule has 2 saturated heterocycles. The minimum absolute atomic E-state index is 0.508. The second kappa shape index (κ2) is 6.13. The van der Waals surface area contributed by atoms with Crippen molar-refractivity contribution in [3.8, 4) is 0 Å². The third-order valence-electron chi connectivity index (χ3n) is 5.38. The van der Waals surface area contributed by atoms with E-state index in [0.29, 0.717) is 5.41 Å². The smallest absolute Gasteiger partial charge is 0.00387 e. The van der Waals surface area contributed by atoms with Gasteiger partial charge in [-0.15, -0.1) is 0 Å². The Morgan fingerprint density at radius 3 is 2.11 bits per heavy atom. The SMILES string of the molecule is CC(C)N1CCC(CN2CCC(C(C)(C)C)CC2)C1. The number of rotatable bonds is 3. The van der Waals surface area contributed by atoms with E-state index >= 15 is 0 Å². The first-order valence-corrected chi connectivity index (χ1v) is 8.32. The predicted octanol–water partition coefficient (Wildman–Crippen LogP) is 3.47. The van der Waals surface area contributed by atoms with Crippen molar-refractivity contribution < 1.29 is 0 Å². The third kappa shape index (κ3) is 4.19. The molecule has 1 atom stereocenters. The van der Waals surface area contributed by atoms with E-state index in [1.807, 2.05) is 0 Å². The second-order valence-electron chi connectivity index (χ2n) is 8.18. The van der Waals surface area contributed by atoms with E-state index in [2.05, 4.69) is 44.4 Å². The summed E-state index contributed by atoms with van der Waals surface area (Å²) in [6.07, 6.45) is 4.23. The number of nitrogens with zero attached hydrogens (tertiary/aromatic N) is 2. The summed E-state index contributed by atoms with van der Waals surface area (Å²) >= 11 is 0. The topological polar surface area (TPSA) is 6.48 Å². The van der Waals surface area contributed by atoms with Crippen LogP contribution in [0.5, 0.6) is 0 Å². The first-order chi connectivity index (χ1) is 8.86.